The molecule has 0 fully saturated rings. The summed E-state index contributed by atoms with van der Waals surface area (Å²) < 4.78 is 0. The molecule has 0 aliphatic carbocycles. The Kier molecular flexibility index (Phi) is 6.23. The first-order valence-electron chi connectivity index (χ1n) is 9.01. The molecule has 6 heteroatoms. The fourth-order valence-electron chi connectivity index (χ4n) is 2.85. The minimum absolute atomic E-state index is 0.0708. The highest BCUT2D eigenvalue weighted by molar-refractivity contribution is 7.10. The van der Waals surface area contributed by atoms with Gasteiger partial charge in [0.25, 0.3) is 0 Å². The maximum Gasteiger partial charge on any atom is 0.248 e. The molecule has 1 aromatic heterocycles. The molecular weight excluding hydrogens is 370 g/mol. The van der Waals surface area contributed by atoms with E-state index in [4.69, 9.17) is 5.73 Å². The lowest BCUT2D eigenvalue weighted by atomic mass is 10.0. The van der Waals surface area contributed by atoms with E-state index in [-0.39, 0.29) is 11.9 Å². The van der Waals surface area contributed by atoms with Gasteiger partial charge in [-0.1, -0.05) is 35.9 Å². The second-order valence-corrected chi connectivity index (χ2v) is 7.66. The number of hydrogen-bond acceptors (Lipinski definition) is 4. The average Bonchev–Trinajstić information content (AvgIpc) is 3.21. The molecular formula is C22H23N3O2S. The zero-order valence-corrected chi connectivity index (χ0v) is 16.6. The highest BCUT2D eigenvalue weighted by Gasteiger charge is 2.21. The summed E-state index contributed by atoms with van der Waals surface area (Å²) in [6.07, 6.45) is 0. The molecule has 3 rings (SSSR count). The van der Waals surface area contributed by atoms with Gasteiger partial charge in [0.1, 0.15) is 0 Å². The predicted molar refractivity (Wildman–Crippen MR) is 114 cm³/mol. The van der Waals surface area contributed by atoms with Gasteiger partial charge in [0, 0.05) is 16.1 Å². The van der Waals surface area contributed by atoms with Crippen molar-refractivity contribution in [2.75, 3.05) is 5.32 Å². The summed E-state index contributed by atoms with van der Waals surface area (Å²) >= 11 is 1.65. The van der Waals surface area contributed by atoms with Crippen molar-refractivity contribution in [2.24, 2.45) is 5.73 Å². The smallest absolute Gasteiger partial charge is 0.248 e. The molecule has 0 spiro atoms. The maximum atomic E-state index is 12.7. The number of carbonyl (C=O) groups is 2. The third kappa shape index (κ3) is 4.85. The van der Waals surface area contributed by atoms with Gasteiger partial charge >= 0.3 is 0 Å². The quantitative estimate of drug-likeness (QED) is 0.570. The van der Waals surface area contributed by atoms with Crippen LogP contribution in [0.1, 0.15) is 39.3 Å². The molecule has 0 saturated heterocycles. The summed E-state index contributed by atoms with van der Waals surface area (Å²) in [5, 5.41) is 8.33. The number of benzene rings is 2. The van der Waals surface area contributed by atoms with Crippen molar-refractivity contribution in [3.8, 4) is 0 Å². The number of rotatable bonds is 7. The van der Waals surface area contributed by atoms with Crippen LogP contribution < -0.4 is 16.4 Å². The van der Waals surface area contributed by atoms with Crippen molar-refractivity contribution < 1.29 is 9.59 Å². The van der Waals surface area contributed by atoms with Gasteiger partial charge < -0.3 is 11.1 Å². The number of aryl methyl sites for hydroxylation is 1. The van der Waals surface area contributed by atoms with Crippen molar-refractivity contribution in [2.45, 2.75) is 25.9 Å². The summed E-state index contributed by atoms with van der Waals surface area (Å²) in [7, 11) is 0. The Morgan fingerprint density at radius 1 is 1.00 bits per heavy atom. The molecule has 4 N–H and O–H groups in total. The molecule has 28 heavy (non-hydrogen) atoms. The van der Waals surface area contributed by atoms with Crippen LogP contribution in [-0.4, -0.2) is 17.9 Å². The minimum atomic E-state index is -0.496. The van der Waals surface area contributed by atoms with E-state index in [9.17, 15) is 9.59 Å². The Labute approximate surface area is 168 Å². The number of nitrogens with two attached hydrogens (primary N) is 1. The number of anilines is 1. The number of amides is 2. The SMILES string of the molecule is Cc1ccc([C@@H](N[C@@H](C)C(=O)Nc2ccc(C(N)=O)cc2)c2cccs2)cc1. The molecule has 144 valence electrons. The predicted octanol–water partition coefficient (Wildman–Crippen LogP) is 3.86. The van der Waals surface area contributed by atoms with Crippen LogP contribution in [0.2, 0.25) is 0 Å². The fraction of sp³-hybridized carbons (Fsp3) is 0.182. The van der Waals surface area contributed by atoms with Gasteiger partial charge in [0.15, 0.2) is 0 Å². The van der Waals surface area contributed by atoms with Crippen molar-refractivity contribution in [3.63, 3.8) is 0 Å². The maximum absolute atomic E-state index is 12.7. The van der Waals surface area contributed by atoms with E-state index in [2.05, 4.69) is 47.9 Å². The van der Waals surface area contributed by atoms with Crippen LogP contribution in [0.3, 0.4) is 0 Å². The fourth-order valence-corrected chi connectivity index (χ4v) is 3.66. The van der Waals surface area contributed by atoms with Crippen molar-refractivity contribution in [1.29, 1.82) is 0 Å². The topological polar surface area (TPSA) is 84.2 Å². The third-order valence-electron chi connectivity index (χ3n) is 4.49. The monoisotopic (exact) mass is 393 g/mol. The van der Waals surface area contributed by atoms with E-state index < -0.39 is 11.9 Å². The summed E-state index contributed by atoms with van der Waals surface area (Å²) in [5.74, 6) is -0.648. The highest BCUT2D eigenvalue weighted by Crippen LogP contribution is 2.27. The molecule has 2 atom stereocenters. The van der Waals surface area contributed by atoms with E-state index in [0.29, 0.717) is 11.3 Å². The number of carbonyl (C=O) groups excluding carboxylic acids is 2. The Bertz CT molecular complexity index is 935. The molecule has 0 radical (unpaired) electrons. The van der Waals surface area contributed by atoms with Crippen LogP contribution in [0.5, 0.6) is 0 Å². The van der Waals surface area contributed by atoms with E-state index in [1.54, 1.807) is 35.6 Å². The molecule has 0 saturated carbocycles. The first kappa shape index (κ1) is 19.8. The van der Waals surface area contributed by atoms with Gasteiger partial charge in [-0.2, -0.15) is 0 Å². The normalized spacial score (nSPS) is 12.9. The largest absolute Gasteiger partial charge is 0.366 e. The second-order valence-electron chi connectivity index (χ2n) is 6.68. The molecule has 0 bridgehead atoms. The number of thiophene rings is 1. The Morgan fingerprint density at radius 3 is 2.25 bits per heavy atom. The second kappa shape index (κ2) is 8.82. The summed E-state index contributed by atoms with van der Waals surface area (Å²) in [6, 6.07) is 18.4. The van der Waals surface area contributed by atoms with Crippen LogP contribution in [0.15, 0.2) is 66.0 Å². The van der Waals surface area contributed by atoms with Crippen LogP contribution in [0.25, 0.3) is 0 Å². The van der Waals surface area contributed by atoms with E-state index in [1.807, 2.05) is 18.4 Å². The number of nitrogens with one attached hydrogen (secondary N) is 2. The highest BCUT2D eigenvalue weighted by atomic mass is 32.1. The van der Waals surface area contributed by atoms with E-state index in [0.717, 1.165) is 10.4 Å². The zero-order valence-electron chi connectivity index (χ0n) is 15.8. The van der Waals surface area contributed by atoms with Gasteiger partial charge in [-0.3, -0.25) is 14.9 Å². The number of hydrogen-bond donors (Lipinski definition) is 3. The van der Waals surface area contributed by atoms with Gasteiger partial charge in [0.2, 0.25) is 11.8 Å². The standard InChI is InChI=1S/C22H23N3O2S/c1-14-5-7-16(8-6-14)20(19-4-3-13-28-19)24-15(2)22(27)25-18-11-9-17(10-12-18)21(23)26/h3-13,15,20,24H,1-2H3,(H2,23,26)(H,25,27)/t15-,20+/m0/s1. The lowest BCUT2D eigenvalue weighted by Gasteiger charge is -2.23. The lowest BCUT2D eigenvalue weighted by molar-refractivity contribution is -0.117. The molecule has 3 aromatic rings. The van der Waals surface area contributed by atoms with Crippen molar-refractivity contribution in [1.82, 2.24) is 5.32 Å². The summed E-state index contributed by atoms with van der Waals surface area (Å²) in [6.45, 7) is 3.89. The van der Waals surface area contributed by atoms with Crippen LogP contribution >= 0.6 is 11.3 Å². The molecule has 0 aliphatic rings. The van der Waals surface area contributed by atoms with Crippen LogP contribution in [0.4, 0.5) is 5.69 Å². The van der Waals surface area contributed by atoms with Crippen LogP contribution in [-0.2, 0) is 4.79 Å². The molecule has 1 heterocycles. The summed E-state index contributed by atoms with van der Waals surface area (Å²) in [5.41, 5.74) is 8.57. The van der Waals surface area contributed by atoms with Gasteiger partial charge in [0.05, 0.1) is 12.1 Å². The first-order chi connectivity index (χ1) is 13.4. The zero-order chi connectivity index (χ0) is 20.1. The molecule has 2 amide bonds. The van der Waals surface area contributed by atoms with Crippen molar-refractivity contribution >= 4 is 28.8 Å². The average molecular weight is 394 g/mol. The molecule has 2 aromatic carbocycles. The molecule has 0 unspecified atom stereocenters. The Hall–Kier alpha value is -2.96. The lowest BCUT2D eigenvalue weighted by Crippen LogP contribution is -2.40. The number of primary amides is 1. The van der Waals surface area contributed by atoms with E-state index >= 15 is 0 Å². The van der Waals surface area contributed by atoms with Gasteiger partial charge in [-0.05, 0) is 55.1 Å². The first-order valence-corrected chi connectivity index (χ1v) is 9.89. The Balaban J connectivity index is 1.72. The van der Waals surface area contributed by atoms with Gasteiger partial charge in [-0.25, -0.2) is 0 Å². The Morgan fingerprint density at radius 2 is 1.68 bits per heavy atom. The molecule has 5 nitrogen and oxygen atoms in total. The van der Waals surface area contributed by atoms with Crippen molar-refractivity contribution in [3.05, 3.63) is 87.6 Å². The van der Waals surface area contributed by atoms with Crippen LogP contribution in [0, 0.1) is 6.92 Å². The minimum Gasteiger partial charge on any atom is -0.366 e. The van der Waals surface area contributed by atoms with Gasteiger partial charge in [-0.15, -0.1) is 11.3 Å². The molecule has 0 aliphatic heterocycles. The summed E-state index contributed by atoms with van der Waals surface area (Å²) in [4.78, 5) is 25.0. The van der Waals surface area contributed by atoms with E-state index in [1.165, 1.54) is 5.56 Å². The third-order valence-corrected chi connectivity index (χ3v) is 5.42.